The zero-order chi connectivity index (χ0) is 10.6. The Bertz CT molecular complexity index is 301. The van der Waals surface area contributed by atoms with Gasteiger partial charge in [0.1, 0.15) is 0 Å². The molecule has 0 amide bonds. The highest BCUT2D eigenvalue weighted by Crippen LogP contribution is 2.28. The molecular formula is C10H15NO3. The first-order valence-corrected chi connectivity index (χ1v) is 4.38. The summed E-state index contributed by atoms with van der Waals surface area (Å²) in [6, 6.07) is 4.85. The molecule has 0 saturated carbocycles. The maximum Gasteiger partial charge on any atom is 0.160 e. The summed E-state index contributed by atoms with van der Waals surface area (Å²) in [5.41, 5.74) is 0.664. The van der Waals surface area contributed by atoms with Crippen molar-refractivity contribution < 1.29 is 14.9 Å². The summed E-state index contributed by atoms with van der Waals surface area (Å²) in [6.45, 7) is 0.450. The third-order valence-electron chi connectivity index (χ3n) is 1.99. The van der Waals surface area contributed by atoms with Crippen LogP contribution in [0.5, 0.6) is 11.5 Å². The van der Waals surface area contributed by atoms with Gasteiger partial charge in [0.2, 0.25) is 0 Å². The Kier molecular flexibility index (Phi) is 3.73. The molecule has 4 heteroatoms. The molecular weight excluding hydrogens is 182 g/mol. The number of phenolic OH excluding ortho intramolecular Hbond substituents is 1. The van der Waals surface area contributed by atoms with E-state index in [0.29, 0.717) is 17.9 Å². The number of hydrogen-bond acceptors (Lipinski definition) is 4. The first-order valence-electron chi connectivity index (χ1n) is 4.38. The summed E-state index contributed by atoms with van der Waals surface area (Å²) in [6.07, 6.45) is -0.614. The zero-order valence-electron chi connectivity index (χ0n) is 8.32. The number of nitrogens with one attached hydrogen (secondary N) is 1. The molecule has 0 radical (unpaired) electrons. The highest BCUT2D eigenvalue weighted by Gasteiger charge is 2.09. The summed E-state index contributed by atoms with van der Waals surface area (Å²) >= 11 is 0. The molecule has 1 aromatic rings. The quantitative estimate of drug-likeness (QED) is 0.663. The van der Waals surface area contributed by atoms with Gasteiger partial charge in [0.25, 0.3) is 0 Å². The number of likely N-dealkylation sites (N-methyl/N-ethyl adjacent to an activating group) is 1. The predicted molar refractivity (Wildman–Crippen MR) is 53.5 cm³/mol. The van der Waals surface area contributed by atoms with Crippen molar-refractivity contribution in [1.82, 2.24) is 5.32 Å². The van der Waals surface area contributed by atoms with Crippen molar-refractivity contribution in [2.45, 2.75) is 6.10 Å². The number of methoxy groups -OCH3 is 1. The van der Waals surface area contributed by atoms with Crippen LogP contribution in [0.4, 0.5) is 0 Å². The fourth-order valence-electron chi connectivity index (χ4n) is 1.23. The van der Waals surface area contributed by atoms with E-state index in [4.69, 9.17) is 4.74 Å². The average Bonchev–Trinajstić information content (AvgIpc) is 2.18. The van der Waals surface area contributed by atoms with Crippen LogP contribution < -0.4 is 10.1 Å². The lowest BCUT2D eigenvalue weighted by Crippen LogP contribution is -2.16. The Balaban J connectivity index is 2.85. The maximum atomic E-state index is 9.59. The number of aliphatic hydroxyl groups is 1. The van der Waals surface area contributed by atoms with E-state index in [2.05, 4.69) is 5.32 Å². The van der Waals surface area contributed by atoms with Crippen LogP contribution in [-0.2, 0) is 0 Å². The molecule has 0 aliphatic heterocycles. The molecule has 3 N–H and O–H groups in total. The Morgan fingerprint density at radius 1 is 1.50 bits per heavy atom. The SMILES string of the molecule is CNC[C@H](O)c1ccc(OC)c(O)c1. The first-order chi connectivity index (χ1) is 6.69. The van der Waals surface area contributed by atoms with Gasteiger partial charge in [-0.1, -0.05) is 6.07 Å². The monoisotopic (exact) mass is 197 g/mol. The standard InChI is InChI=1S/C10H15NO3/c1-11-6-9(13)7-3-4-10(14-2)8(12)5-7/h3-5,9,11-13H,6H2,1-2H3/t9-/m0/s1. The highest BCUT2D eigenvalue weighted by atomic mass is 16.5. The van der Waals surface area contributed by atoms with Gasteiger partial charge in [-0.2, -0.15) is 0 Å². The van der Waals surface area contributed by atoms with Crippen molar-refractivity contribution in [3.05, 3.63) is 23.8 Å². The summed E-state index contributed by atoms with van der Waals surface area (Å²) in [4.78, 5) is 0. The summed E-state index contributed by atoms with van der Waals surface area (Å²) in [5, 5.41) is 21.9. The number of benzene rings is 1. The minimum absolute atomic E-state index is 0.0418. The molecule has 0 aromatic heterocycles. The van der Waals surface area contributed by atoms with E-state index in [1.807, 2.05) is 0 Å². The molecule has 0 fully saturated rings. The fraction of sp³-hybridized carbons (Fsp3) is 0.400. The molecule has 0 aliphatic rings. The topological polar surface area (TPSA) is 61.7 Å². The van der Waals surface area contributed by atoms with Gasteiger partial charge in [0, 0.05) is 6.54 Å². The van der Waals surface area contributed by atoms with E-state index in [-0.39, 0.29) is 5.75 Å². The Morgan fingerprint density at radius 2 is 2.21 bits per heavy atom. The summed E-state index contributed by atoms with van der Waals surface area (Å²) in [5.74, 6) is 0.450. The van der Waals surface area contributed by atoms with Crippen LogP contribution in [0.2, 0.25) is 0 Å². The molecule has 0 bridgehead atoms. The van der Waals surface area contributed by atoms with Crippen LogP contribution >= 0.6 is 0 Å². The molecule has 0 aliphatic carbocycles. The lowest BCUT2D eigenvalue weighted by Gasteiger charge is -2.11. The van der Waals surface area contributed by atoms with E-state index in [0.717, 1.165) is 0 Å². The van der Waals surface area contributed by atoms with Gasteiger partial charge in [0.15, 0.2) is 11.5 Å². The third-order valence-corrected chi connectivity index (χ3v) is 1.99. The van der Waals surface area contributed by atoms with E-state index in [1.165, 1.54) is 13.2 Å². The molecule has 78 valence electrons. The van der Waals surface area contributed by atoms with E-state index in [1.54, 1.807) is 19.2 Å². The van der Waals surface area contributed by atoms with E-state index < -0.39 is 6.10 Å². The van der Waals surface area contributed by atoms with E-state index in [9.17, 15) is 10.2 Å². The van der Waals surface area contributed by atoms with Gasteiger partial charge in [0.05, 0.1) is 13.2 Å². The molecule has 0 unspecified atom stereocenters. The summed E-state index contributed by atoms with van der Waals surface area (Å²) < 4.78 is 4.89. The highest BCUT2D eigenvalue weighted by molar-refractivity contribution is 5.42. The second-order valence-electron chi connectivity index (χ2n) is 3.00. The molecule has 1 rings (SSSR count). The molecule has 0 heterocycles. The van der Waals surface area contributed by atoms with Crippen LogP contribution in [0.25, 0.3) is 0 Å². The zero-order valence-corrected chi connectivity index (χ0v) is 8.32. The normalized spacial score (nSPS) is 12.5. The lowest BCUT2D eigenvalue weighted by molar-refractivity contribution is 0.177. The van der Waals surface area contributed by atoms with Crippen LogP contribution in [0.1, 0.15) is 11.7 Å². The number of aromatic hydroxyl groups is 1. The maximum absolute atomic E-state index is 9.59. The molecule has 1 atom stereocenters. The number of rotatable bonds is 4. The van der Waals surface area contributed by atoms with Crippen LogP contribution in [0.15, 0.2) is 18.2 Å². The van der Waals surface area contributed by atoms with Gasteiger partial charge in [-0.15, -0.1) is 0 Å². The minimum Gasteiger partial charge on any atom is -0.504 e. The number of phenols is 1. The van der Waals surface area contributed by atoms with Gasteiger partial charge in [-0.05, 0) is 24.7 Å². The van der Waals surface area contributed by atoms with Crippen LogP contribution in [0, 0.1) is 0 Å². The Morgan fingerprint density at radius 3 is 2.71 bits per heavy atom. The first kappa shape index (κ1) is 10.8. The number of hydrogen-bond donors (Lipinski definition) is 3. The fourth-order valence-corrected chi connectivity index (χ4v) is 1.23. The Hall–Kier alpha value is -1.26. The van der Waals surface area contributed by atoms with Crippen molar-refractivity contribution in [2.75, 3.05) is 20.7 Å². The van der Waals surface area contributed by atoms with Gasteiger partial charge in [-0.25, -0.2) is 0 Å². The molecule has 4 nitrogen and oxygen atoms in total. The largest absolute Gasteiger partial charge is 0.504 e. The Labute approximate surface area is 83.1 Å². The minimum atomic E-state index is -0.614. The number of ether oxygens (including phenoxy) is 1. The van der Waals surface area contributed by atoms with Crippen molar-refractivity contribution in [2.24, 2.45) is 0 Å². The van der Waals surface area contributed by atoms with Gasteiger partial charge >= 0.3 is 0 Å². The van der Waals surface area contributed by atoms with Crippen molar-refractivity contribution in [3.8, 4) is 11.5 Å². The third kappa shape index (κ3) is 2.37. The van der Waals surface area contributed by atoms with Crippen LogP contribution in [0.3, 0.4) is 0 Å². The van der Waals surface area contributed by atoms with Crippen molar-refractivity contribution in [1.29, 1.82) is 0 Å². The van der Waals surface area contributed by atoms with Gasteiger partial charge < -0.3 is 20.3 Å². The second-order valence-corrected chi connectivity index (χ2v) is 3.00. The average molecular weight is 197 g/mol. The lowest BCUT2D eigenvalue weighted by atomic mass is 10.1. The predicted octanol–water partition coefficient (Wildman–Crippen LogP) is 0.654. The van der Waals surface area contributed by atoms with Gasteiger partial charge in [-0.3, -0.25) is 0 Å². The van der Waals surface area contributed by atoms with E-state index >= 15 is 0 Å². The molecule has 14 heavy (non-hydrogen) atoms. The van der Waals surface area contributed by atoms with Crippen molar-refractivity contribution >= 4 is 0 Å². The molecule has 1 aromatic carbocycles. The molecule has 0 saturated heterocycles. The number of aliphatic hydroxyl groups excluding tert-OH is 1. The summed E-state index contributed by atoms with van der Waals surface area (Å²) in [7, 11) is 3.24. The smallest absolute Gasteiger partial charge is 0.160 e. The molecule has 0 spiro atoms. The van der Waals surface area contributed by atoms with Crippen molar-refractivity contribution in [3.63, 3.8) is 0 Å². The van der Waals surface area contributed by atoms with Crippen LogP contribution in [-0.4, -0.2) is 30.9 Å². The second kappa shape index (κ2) is 4.83.